The number of thiazole rings is 1. The van der Waals surface area contributed by atoms with Crippen molar-refractivity contribution < 1.29 is 13.3 Å². The van der Waals surface area contributed by atoms with E-state index in [1.807, 2.05) is 0 Å². The van der Waals surface area contributed by atoms with E-state index < -0.39 is 14.9 Å². The van der Waals surface area contributed by atoms with Crippen LogP contribution in [0.3, 0.4) is 0 Å². The van der Waals surface area contributed by atoms with Crippen LogP contribution < -0.4 is 4.72 Å². The number of benzene rings is 2. The van der Waals surface area contributed by atoms with E-state index in [4.69, 9.17) is 0 Å². The van der Waals surface area contributed by atoms with Crippen molar-refractivity contribution in [3.63, 3.8) is 0 Å². The molecule has 1 aromatic heterocycles. The van der Waals surface area contributed by atoms with Crippen molar-refractivity contribution in [2.45, 2.75) is 4.90 Å². The quantitative estimate of drug-likeness (QED) is 0.583. The Bertz CT molecular complexity index is 949. The summed E-state index contributed by atoms with van der Waals surface area (Å²) in [6, 6.07) is 9.74. The van der Waals surface area contributed by atoms with Gasteiger partial charge in [0.1, 0.15) is 0 Å². The number of hydrogen-bond donors (Lipinski definition) is 1. The van der Waals surface area contributed by atoms with Gasteiger partial charge in [-0.15, -0.1) is 11.3 Å². The topological polar surface area (TPSA) is 102 Å². The second-order valence-corrected chi connectivity index (χ2v) is 6.96. The molecular formula is C13H9N3O4S2. The number of rotatable bonds is 4. The van der Waals surface area contributed by atoms with Crippen molar-refractivity contribution in [2.24, 2.45) is 0 Å². The monoisotopic (exact) mass is 335 g/mol. The molecule has 0 radical (unpaired) electrons. The maximum absolute atomic E-state index is 12.3. The van der Waals surface area contributed by atoms with Gasteiger partial charge in [-0.3, -0.25) is 14.8 Å². The molecule has 0 saturated heterocycles. The lowest BCUT2D eigenvalue weighted by atomic mass is 10.3. The second-order valence-electron chi connectivity index (χ2n) is 4.39. The first-order valence-electron chi connectivity index (χ1n) is 6.06. The molecule has 0 saturated carbocycles. The average molecular weight is 335 g/mol. The zero-order valence-corrected chi connectivity index (χ0v) is 12.6. The van der Waals surface area contributed by atoms with E-state index in [-0.39, 0.29) is 10.6 Å². The maximum Gasteiger partial charge on any atom is 0.269 e. The van der Waals surface area contributed by atoms with Crippen LogP contribution in [0.2, 0.25) is 0 Å². The van der Waals surface area contributed by atoms with Gasteiger partial charge in [0.25, 0.3) is 15.7 Å². The van der Waals surface area contributed by atoms with Crippen molar-refractivity contribution in [1.29, 1.82) is 0 Å². The average Bonchev–Trinajstić information content (AvgIpc) is 2.94. The molecule has 0 aliphatic carbocycles. The lowest BCUT2D eigenvalue weighted by molar-refractivity contribution is -0.384. The molecule has 0 atom stereocenters. The van der Waals surface area contributed by atoms with Gasteiger partial charge in [-0.25, -0.2) is 13.4 Å². The Labute approximate surface area is 129 Å². The molecule has 3 aromatic rings. The summed E-state index contributed by atoms with van der Waals surface area (Å²) in [4.78, 5) is 14.1. The first-order chi connectivity index (χ1) is 10.5. The number of nitrogens with one attached hydrogen (secondary N) is 1. The van der Waals surface area contributed by atoms with Crippen LogP contribution in [0.15, 0.2) is 52.9 Å². The van der Waals surface area contributed by atoms with Crippen molar-refractivity contribution in [3.05, 3.63) is 58.1 Å². The minimum Gasteiger partial charge on any atom is -0.280 e. The lowest BCUT2D eigenvalue weighted by Crippen LogP contribution is -2.12. The molecule has 1 heterocycles. The third-order valence-corrected chi connectivity index (χ3v) is 5.13. The van der Waals surface area contributed by atoms with Gasteiger partial charge in [-0.05, 0) is 30.3 Å². The van der Waals surface area contributed by atoms with Crippen molar-refractivity contribution in [3.8, 4) is 0 Å². The van der Waals surface area contributed by atoms with Gasteiger partial charge < -0.3 is 0 Å². The van der Waals surface area contributed by atoms with E-state index in [9.17, 15) is 18.5 Å². The Balaban J connectivity index is 1.90. The largest absolute Gasteiger partial charge is 0.280 e. The third kappa shape index (κ3) is 2.76. The predicted octanol–water partition coefficient (Wildman–Crippen LogP) is 3.01. The second kappa shape index (κ2) is 5.35. The number of non-ortho nitro benzene ring substituents is 1. The fourth-order valence-corrected chi connectivity index (χ4v) is 3.65. The molecule has 0 amide bonds. The van der Waals surface area contributed by atoms with Crippen molar-refractivity contribution in [2.75, 3.05) is 4.72 Å². The summed E-state index contributed by atoms with van der Waals surface area (Å²) < 4.78 is 27.8. The Morgan fingerprint density at radius 1 is 1.14 bits per heavy atom. The fourth-order valence-electron chi connectivity index (χ4n) is 1.88. The van der Waals surface area contributed by atoms with Crippen LogP contribution in [0.1, 0.15) is 0 Å². The molecule has 0 unspecified atom stereocenters. The highest BCUT2D eigenvalue weighted by molar-refractivity contribution is 7.92. The highest BCUT2D eigenvalue weighted by atomic mass is 32.2. The molecule has 0 aliphatic rings. The Kier molecular flexibility index (Phi) is 3.51. The summed E-state index contributed by atoms with van der Waals surface area (Å²) in [6.07, 6.45) is 0. The Morgan fingerprint density at radius 2 is 1.86 bits per heavy atom. The number of aromatic nitrogens is 1. The standard InChI is InChI=1S/C13H9N3O4S2/c17-16(18)10-2-4-11(5-3-10)22(19,20)15-9-1-6-12-13(7-9)21-8-14-12/h1-8,15H. The highest BCUT2D eigenvalue weighted by Gasteiger charge is 2.16. The van der Waals surface area contributed by atoms with E-state index >= 15 is 0 Å². The van der Waals surface area contributed by atoms with E-state index in [2.05, 4.69) is 9.71 Å². The zero-order valence-electron chi connectivity index (χ0n) is 11.0. The molecule has 0 fully saturated rings. The van der Waals surface area contributed by atoms with E-state index in [0.717, 1.165) is 22.3 Å². The first-order valence-corrected chi connectivity index (χ1v) is 8.42. The third-order valence-electron chi connectivity index (χ3n) is 2.94. The number of nitro benzene ring substituents is 1. The van der Waals surface area contributed by atoms with Crippen LogP contribution in [0.4, 0.5) is 11.4 Å². The van der Waals surface area contributed by atoms with Gasteiger partial charge in [0.05, 0.1) is 31.2 Å². The highest BCUT2D eigenvalue weighted by Crippen LogP contribution is 2.24. The van der Waals surface area contributed by atoms with Crippen LogP contribution in [0, 0.1) is 10.1 Å². The van der Waals surface area contributed by atoms with Crippen LogP contribution in [-0.2, 0) is 10.0 Å². The summed E-state index contributed by atoms with van der Waals surface area (Å²) >= 11 is 1.41. The fraction of sp³-hybridized carbons (Fsp3) is 0. The number of nitrogens with zero attached hydrogens (tertiary/aromatic N) is 2. The number of fused-ring (bicyclic) bond motifs is 1. The van der Waals surface area contributed by atoms with Crippen molar-refractivity contribution in [1.82, 2.24) is 4.98 Å². The van der Waals surface area contributed by atoms with Gasteiger partial charge in [0.15, 0.2) is 0 Å². The number of hydrogen-bond acceptors (Lipinski definition) is 6. The molecule has 0 aliphatic heterocycles. The van der Waals surface area contributed by atoms with Crippen LogP contribution >= 0.6 is 11.3 Å². The predicted molar refractivity (Wildman–Crippen MR) is 83.5 cm³/mol. The van der Waals surface area contributed by atoms with Gasteiger partial charge >= 0.3 is 0 Å². The van der Waals surface area contributed by atoms with E-state index in [1.165, 1.54) is 23.5 Å². The molecule has 3 rings (SSSR count). The minimum absolute atomic E-state index is 0.0394. The molecule has 22 heavy (non-hydrogen) atoms. The Hall–Kier alpha value is -2.52. The van der Waals surface area contributed by atoms with Gasteiger partial charge in [0.2, 0.25) is 0 Å². The molecule has 0 bridgehead atoms. The normalized spacial score (nSPS) is 11.5. The summed E-state index contributed by atoms with van der Waals surface area (Å²) in [5.41, 5.74) is 2.72. The Morgan fingerprint density at radius 3 is 2.55 bits per heavy atom. The van der Waals surface area contributed by atoms with E-state index in [0.29, 0.717) is 5.69 Å². The van der Waals surface area contributed by atoms with Gasteiger partial charge in [-0.1, -0.05) is 0 Å². The smallest absolute Gasteiger partial charge is 0.269 e. The first kappa shape index (κ1) is 14.4. The van der Waals surface area contributed by atoms with Crippen LogP contribution in [0.25, 0.3) is 10.2 Å². The number of anilines is 1. The molecule has 0 spiro atoms. The van der Waals surface area contributed by atoms with Gasteiger partial charge in [-0.2, -0.15) is 0 Å². The van der Waals surface area contributed by atoms with Crippen LogP contribution in [0.5, 0.6) is 0 Å². The number of nitro groups is 1. The van der Waals surface area contributed by atoms with Crippen molar-refractivity contribution >= 4 is 43.0 Å². The lowest BCUT2D eigenvalue weighted by Gasteiger charge is -2.07. The molecule has 112 valence electrons. The molecule has 7 nitrogen and oxygen atoms in total. The van der Waals surface area contributed by atoms with Gasteiger partial charge in [0, 0.05) is 12.1 Å². The summed E-state index contributed by atoms with van der Waals surface area (Å²) in [7, 11) is -3.80. The molecule has 2 aromatic carbocycles. The molecule has 9 heteroatoms. The zero-order chi connectivity index (χ0) is 15.7. The van der Waals surface area contributed by atoms with E-state index in [1.54, 1.807) is 23.7 Å². The maximum atomic E-state index is 12.3. The SMILES string of the molecule is O=[N+]([O-])c1ccc(S(=O)(=O)Nc2ccc3ncsc3c2)cc1. The minimum atomic E-state index is -3.80. The summed E-state index contributed by atoms with van der Waals surface area (Å²) in [5.74, 6) is 0. The van der Waals surface area contributed by atoms with Crippen LogP contribution in [-0.4, -0.2) is 18.3 Å². The summed E-state index contributed by atoms with van der Waals surface area (Å²) in [5, 5.41) is 10.6. The molecular weight excluding hydrogens is 326 g/mol. The molecule has 1 N–H and O–H groups in total. The summed E-state index contributed by atoms with van der Waals surface area (Å²) in [6.45, 7) is 0. The number of sulfonamides is 1.